The first-order chi connectivity index (χ1) is 15.6. The van der Waals surface area contributed by atoms with E-state index in [2.05, 4.69) is 67.4 Å². The van der Waals surface area contributed by atoms with Crippen LogP contribution in [0.4, 0.5) is 4.79 Å². The van der Waals surface area contributed by atoms with Crippen LogP contribution in [0, 0.1) is 0 Å². The molecule has 0 saturated heterocycles. The van der Waals surface area contributed by atoms with E-state index in [0.717, 1.165) is 38.9 Å². The van der Waals surface area contributed by atoms with Crippen molar-refractivity contribution in [2.75, 3.05) is 6.54 Å². The van der Waals surface area contributed by atoms with Crippen molar-refractivity contribution in [2.24, 2.45) is 0 Å². The lowest BCUT2D eigenvalue weighted by Crippen LogP contribution is -2.36. The third-order valence-electron chi connectivity index (χ3n) is 5.33. The molecule has 1 unspecified atom stereocenters. The first kappa shape index (κ1) is 21.9. The number of benzene rings is 1. The maximum Gasteiger partial charge on any atom is 0.315 e. The van der Waals surface area contributed by atoms with Crippen LogP contribution in [0.2, 0.25) is 0 Å². The number of carbonyl (C=O) groups excluding carboxylic acids is 1. The van der Waals surface area contributed by atoms with Gasteiger partial charge in [-0.15, -0.1) is 10.2 Å². The number of aromatic nitrogens is 5. The van der Waals surface area contributed by atoms with Crippen LogP contribution in [0.25, 0.3) is 5.65 Å². The number of urea groups is 1. The van der Waals surface area contributed by atoms with Crippen molar-refractivity contribution < 1.29 is 4.79 Å². The van der Waals surface area contributed by atoms with E-state index in [-0.39, 0.29) is 6.03 Å². The molecule has 0 spiro atoms. The summed E-state index contributed by atoms with van der Waals surface area (Å²) in [7, 11) is 0. The highest BCUT2D eigenvalue weighted by atomic mass is 32.2. The van der Waals surface area contributed by atoms with Gasteiger partial charge in [-0.1, -0.05) is 43.8 Å². The molecule has 0 aliphatic carbocycles. The van der Waals surface area contributed by atoms with E-state index < -0.39 is 0 Å². The van der Waals surface area contributed by atoms with Crippen molar-refractivity contribution in [3.05, 3.63) is 72.2 Å². The molecule has 3 aromatic heterocycles. The monoisotopic (exact) mass is 449 g/mol. The molecule has 0 bridgehead atoms. The van der Waals surface area contributed by atoms with Gasteiger partial charge in [0.1, 0.15) is 5.82 Å². The molecular weight excluding hydrogens is 422 g/mol. The maximum absolute atomic E-state index is 12.2. The summed E-state index contributed by atoms with van der Waals surface area (Å²) in [5.41, 5.74) is 2.91. The molecule has 8 nitrogen and oxygen atoms in total. The zero-order valence-corrected chi connectivity index (χ0v) is 19.0. The molecule has 2 amide bonds. The van der Waals surface area contributed by atoms with Crippen molar-refractivity contribution in [1.29, 1.82) is 0 Å². The van der Waals surface area contributed by atoms with E-state index in [9.17, 15) is 4.79 Å². The number of rotatable bonds is 9. The third-order valence-corrected chi connectivity index (χ3v) is 6.42. The molecule has 0 radical (unpaired) electrons. The summed E-state index contributed by atoms with van der Waals surface area (Å²) in [5.74, 6) is 1.32. The Balaban J connectivity index is 1.39. The molecule has 4 aromatic rings. The van der Waals surface area contributed by atoms with Crippen LogP contribution >= 0.6 is 11.8 Å². The fourth-order valence-corrected chi connectivity index (χ4v) is 4.28. The highest BCUT2D eigenvalue weighted by Gasteiger charge is 2.13. The van der Waals surface area contributed by atoms with Gasteiger partial charge in [0.15, 0.2) is 5.65 Å². The second kappa shape index (κ2) is 10.3. The lowest BCUT2D eigenvalue weighted by Gasteiger charge is -2.12. The molecule has 0 saturated carbocycles. The molecule has 1 atom stereocenters. The zero-order chi connectivity index (χ0) is 22.3. The molecule has 3 heterocycles. The number of hydrogen-bond acceptors (Lipinski definition) is 5. The maximum atomic E-state index is 12.2. The molecule has 32 heavy (non-hydrogen) atoms. The Morgan fingerprint density at radius 2 is 2.06 bits per heavy atom. The summed E-state index contributed by atoms with van der Waals surface area (Å²) >= 11 is 1.67. The van der Waals surface area contributed by atoms with Gasteiger partial charge in [-0.05, 0) is 30.2 Å². The van der Waals surface area contributed by atoms with E-state index in [1.807, 2.05) is 24.3 Å². The van der Waals surface area contributed by atoms with Crippen molar-refractivity contribution in [3.8, 4) is 0 Å². The Bertz CT molecular complexity index is 1170. The number of carbonyl (C=O) groups is 1. The number of imidazole rings is 1. The van der Waals surface area contributed by atoms with Crippen molar-refractivity contribution in [3.63, 3.8) is 0 Å². The first-order valence-corrected chi connectivity index (χ1v) is 11.5. The normalized spacial score (nSPS) is 12.1. The molecule has 3 N–H and O–H groups in total. The van der Waals surface area contributed by atoms with Crippen LogP contribution in [0.3, 0.4) is 0 Å². The minimum atomic E-state index is -0.187. The molecule has 9 heteroatoms. The van der Waals surface area contributed by atoms with Gasteiger partial charge in [-0.2, -0.15) is 0 Å². The van der Waals surface area contributed by atoms with E-state index >= 15 is 0 Å². The number of fused-ring (bicyclic) bond motifs is 1. The van der Waals surface area contributed by atoms with Gasteiger partial charge >= 0.3 is 6.03 Å². The Kier molecular flexibility index (Phi) is 7.06. The van der Waals surface area contributed by atoms with E-state index in [1.165, 1.54) is 0 Å². The van der Waals surface area contributed by atoms with E-state index in [0.29, 0.717) is 25.4 Å². The van der Waals surface area contributed by atoms with Crippen LogP contribution < -0.4 is 10.6 Å². The smallest absolute Gasteiger partial charge is 0.315 e. The van der Waals surface area contributed by atoms with Crippen LogP contribution in [0.1, 0.15) is 43.3 Å². The van der Waals surface area contributed by atoms with Crippen LogP contribution in [-0.2, 0) is 13.0 Å². The Morgan fingerprint density at radius 3 is 2.88 bits per heavy atom. The Hall–Kier alpha value is -3.33. The van der Waals surface area contributed by atoms with Gasteiger partial charge in [0.2, 0.25) is 0 Å². The predicted molar refractivity (Wildman–Crippen MR) is 125 cm³/mol. The Labute approximate surface area is 191 Å². The number of aromatic amines is 1. The zero-order valence-electron chi connectivity index (χ0n) is 18.2. The summed E-state index contributed by atoms with van der Waals surface area (Å²) < 4.78 is 2.07. The van der Waals surface area contributed by atoms with E-state index in [4.69, 9.17) is 0 Å². The number of nitrogens with zero attached hydrogens (tertiary/aromatic N) is 4. The third kappa shape index (κ3) is 5.28. The van der Waals surface area contributed by atoms with Crippen molar-refractivity contribution in [2.45, 2.75) is 48.9 Å². The molecular formula is C23H27N7OS. The van der Waals surface area contributed by atoms with Crippen LogP contribution in [0.15, 0.2) is 64.9 Å². The molecule has 4 rings (SSSR count). The highest BCUT2D eigenvalue weighted by Crippen LogP contribution is 2.31. The van der Waals surface area contributed by atoms with Gasteiger partial charge in [-0.25, -0.2) is 9.78 Å². The summed E-state index contributed by atoms with van der Waals surface area (Å²) in [4.78, 5) is 21.4. The number of pyridine rings is 1. The standard InChI is InChI=1S/C23H27N7OS/c1-3-16(2)22-29-28-21-9-8-19(14-30(21)22)32-20-7-5-4-6-17(20)12-26-23(31)25-11-10-18-13-24-15-27-18/h4-9,13-16H,3,10-12H2,1-2H3,(H,24,27)(H2,25,26,31). The summed E-state index contributed by atoms with van der Waals surface area (Å²) in [6.45, 7) is 5.31. The van der Waals surface area contributed by atoms with E-state index in [1.54, 1.807) is 24.3 Å². The molecule has 0 aliphatic heterocycles. The average molecular weight is 450 g/mol. The quantitative estimate of drug-likeness (QED) is 0.356. The first-order valence-electron chi connectivity index (χ1n) is 10.7. The topological polar surface area (TPSA) is 100 Å². The SMILES string of the molecule is CCC(C)c1nnc2ccc(Sc3ccccc3CNC(=O)NCCc3cnc[nH]3)cn12. The minimum Gasteiger partial charge on any atom is -0.348 e. The lowest BCUT2D eigenvalue weighted by atomic mass is 10.1. The highest BCUT2D eigenvalue weighted by molar-refractivity contribution is 7.99. The number of hydrogen-bond donors (Lipinski definition) is 3. The fraction of sp³-hybridized carbons (Fsp3) is 0.304. The fourth-order valence-electron chi connectivity index (χ4n) is 3.31. The van der Waals surface area contributed by atoms with Gasteiger partial charge in [0.05, 0.1) is 6.33 Å². The summed E-state index contributed by atoms with van der Waals surface area (Å²) in [6, 6.07) is 12.0. The molecule has 1 aromatic carbocycles. The van der Waals surface area contributed by atoms with Gasteiger partial charge in [-0.3, -0.25) is 4.40 Å². The predicted octanol–water partition coefficient (Wildman–Crippen LogP) is 4.16. The van der Waals surface area contributed by atoms with Crippen LogP contribution in [0.5, 0.6) is 0 Å². The second-order valence-corrected chi connectivity index (χ2v) is 8.72. The number of amides is 2. The second-order valence-electron chi connectivity index (χ2n) is 7.61. The van der Waals surface area contributed by atoms with Gasteiger partial charge < -0.3 is 15.6 Å². The minimum absolute atomic E-state index is 0.187. The largest absolute Gasteiger partial charge is 0.348 e. The van der Waals surface area contributed by atoms with Crippen molar-refractivity contribution >= 4 is 23.4 Å². The van der Waals surface area contributed by atoms with Crippen molar-refractivity contribution in [1.82, 2.24) is 35.2 Å². The molecule has 0 aliphatic rings. The van der Waals surface area contributed by atoms with Gasteiger partial charge in [0.25, 0.3) is 0 Å². The average Bonchev–Trinajstić information content (AvgIpc) is 3.48. The number of H-pyrrole nitrogens is 1. The summed E-state index contributed by atoms with van der Waals surface area (Å²) in [5, 5.41) is 14.5. The lowest BCUT2D eigenvalue weighted by molar-refractivity contribution is 0.240. The molecule has 166 valence electrons. The van der Waals surface area contributed by atoms with Gasteiger partial charge in [0, 0.05) is 53.3 Å². The Morgan fingerprint density at radius 1 is 1.19 bits per heavy atom. The molecule has 0 fully saturated rings. The van der Waals surface area contributed by atoms with Crippen LogP contribution in [-0.4, -0.2) is 37.1 Å². The number of nitrogens with one attached hydrogen (secondary N) is 3. The summed E-state index contributed by atoms with van der Waals surface area (Å²) in [6.07, 6.45) is 7.21.